The highest BCUT2D eigenvalue weighted by atomic mass is 35.5. The highest BCUT2D eigenvalue weighted by Gasteiger charge is 2.27. The van der Waals surface area contributed by atoms with E-state index < -0.39 is 0 Å². The molecule has 118 valence electrons. The fraction of sp³-hybridized carbons (Fsp3) is 0.562. The molecule has 5 heteroatoms. The summed E-state index contributed by atoms with van der Waals surface area (Å²) in [7, 11) is 0. The number of halogens is 2. The van der Waals surface area contributed by atoms with Gasteiger partial charge in [-0.25, -0.2) is 0 Å². The number of hydrogen-bond acceptors (Lipinski definition) is 3. The molecule has 0 fully saturated rings. The van der Waals surface area contributed by atoms with Crippen molar-refractivity contribution in [2.75, 3.05) is 6.61 Å². The number of hydrogen-bond donors (Lipinski definition) is 1. The number of nitrogens with one attached hydrogen (secondary N) is 1. The van der Waals surface area contributed by atoms with Crippen molar-refractivity contribution in [2.24, 2.45) is 5.92 Å². The second-order valence-electron chi connectivity index (χ2n) is 5.24. The lowest BCUT2D eigenvalue weighted by Gasteiger charge is -2.28. The van der Waals surface area contributed by atoms with Gasteiger partial charge in [0.15, 0.2) is 0 Å². The van der Waals surface area contributed by atoms with Crippen molar-refractivity contribution in [1.82, 2.24) is 5.32 Å². The van der Waals surface area contributed by atoms with E-state index in [0.29, 0.717) is 23.1 Å². The highest BCUT2D eigenvalue weighted by Crippen LogP contribution is 2.34. The van der Waals surface area contributed by atoms with E-state index in [1.54, 1.807) is 6.92 Å². The van der Waals surface area contributed by atoms with Crippen LogP contribution in [0.2, 0.25) is 10.0 Å². The minimum Gasteiger partial charge on any atom is -0.465 e. The summed E-state index contributed by atoms with van der Waals surface area (Å²) in [5.41, 5.74) is 0.832. The fourth-order valence-electron chi connectivity index (χ4n) is 2.23. The minimum atomic E-state index is -0.371. The Morgan fingerprint density at radius 1 is 1.24 bits per heavy atom. The SMILES string of the molecule is CCOC(=O)[C@H](CC)N[C@H](c1c(Cl)cccc1Cl)C(C)C. The van der Waals surface area contributed by atoms with Crippen LogP contribution >= 0.6 is 23.2 Å². The second kappa shape index (κ2) is 8.62. The fourth-order valence-corrected chi connectivity index (χ4v) is 2.86. The molecule has 0 aliphatic heterocycles. The van der Waals surface area contributed by atoms with E-state index in [2.05, 4.69) is 19.2 Å². The van der Waals surface area contributed by atoms with E-state index >= 15 is 0 Å². The first-order valence-corrected chi connectivity index (χ1v) is 8.04. The number of rotatable bonds is 7. The van der Waals surface area contributed by atoms with Gasteiger partial charge in [-0.15, -0.1) is 0 Å². The van der Waals surface area contributed by atoms with Gasteiger partial charge >= 0.3 is 5.97 Å². The van der Waals surface area contributed by atoms with Gasteiger partial charge in [0.05, 0.1) is 6.61 Å². The van der Waals surface area contributed by atoms with Gasteiger partial charge in [-0.1, -0.05) is 50.0 Å². The van der Waals surface area contributed by atoms with Crippen molar-refractivity contribution in [3.63, 3.8) is 0 Å². The standard InChI is InChI=1S/C16H23Cl2NO2/c1-5-13(16(20)21-6-2)19-15(10(3)4)14-11(17)8-7-9-12(14)18/h7-10,13,15,19H,5-6H2,1-4H3/t13-,15-/m0/s1. The molecule has 0 bridgehead atoms. The molecule has 0 radical (unpaired) electrons. The van der Waals surface area contributed by atoms with Crippen LogP contribution in [0.15, 0.2) is 18.2 Å². The van der Waals surface area contributed by atoms with Crippen molar-refractivity contribution in [1.29, 1.82) is 0 Å². The lowest BCUT2D eigenvalue weighted by atomic mass is 9.94. The van der Waals surface area contributed by atoms with Gasteiger partial charge in [0.1, 0.15) is 6.04 Å². The van der Waals surface area contributed by atoms with Gasteiger partial charge < -0.3 is 4.74 Å². The molecule has 0 saturated carbocycles. The summed E-state index contributed by atoms with van der Waals surface area (Å²) >= 11 is 12.6. The van der Waals surface area contributed by atoms with Crippen molar-refractivity contribution in [2.45, 2.75) is 46.2 Å². The van der Waals surface area contributed by atoms with E-state index in [-0.39, 0.29) is 24.0 Å². The normalized spacial score (nSPS) is 14.0. The smallest absolute Gasteiger partial charge is 0.323 e. The summed E-state index contributed by atoms with van der Waals surface area (Å²) in [6, 6.07) is 4.95. The maximum atomic E-state index is 12.0. The average Bonchev–Trinajstić information content (AvgIpc) is 2.41. The van der Waals surface area contributed by atoms with Crippen LogP contribution in [-0.4, -0.2) is 18.6 Å². The zero-order valence-corrected chi connectivity index (χ0v) is 14.5. The predicted molar refractivity (Wildman–Crippen MR) is 87.9 cm³/mol. The highest BCUT2D eigenvalue weighted by molar-refractivity contribution is 6.36. The number of ether oxygens (including phenoxy) is 1. The summed E-state index contributed by atoms with van der Waals surface area (Å²) in [5.74, 6) is -0.0142. The lowest BCUT2D eigenvalue weighted by Crippen LogP contribution is -2.41. The van der Waals surface area contributed by atoms with Crippen molar-refractivity contribution in [3.05, 3.63) is 33.8 Å². The third kappa shape index (κ3) is 4.87. The maximum Gasteiger partial charge on any atom is 0.323 e. The van der Waals surface area contributed by atoms with Crippen LogP contribution in [0, 0.1) is 5.92 Å². The Hall–Kier alpha value is -0.770. The molecule has 2 atom stereocenters. The van der Waals surface area contributed by atoms with Crippen LogP contribution in [0.3, 0.4) is 0 Å². The molecule has 0 unspecified atom stereocenters. The van der Waals surface area contributed by atoms with Crippen LogP contribution in [0.1, 0.15) is 45.7 Å². The first-order valence-electron chi connectivity index (χ1n) is 7.28. The largest absolute Gasteiger partial charge is 0.465 e. The van der Waals surface area contributed by atoms with Crippen LogP contribution in [0.25, 0.3) is 0 Å². The van der Waals surface area contributed by atoms with Crippen LogP contribution < -0.4 is 5.32 Å². The molecule has 1 rings (SSSR count). The third-order valence-corrected chi connectivity index (χ3v) is 4.00. The van der Waals surface area contributed by atoms with Crippen molar-refractivity contribution in [3.8, 4) is 0 Å². The first-order chi connectivity index (χ1) is 9.92. The molecule has 1 aromatic carbocycles. The van der Waals surface area contributed by atoms with E-state index in [0.717, 1.165) is 5.56 Å². The van der Waals surface area contributed by atoms with Crippen LogP contribution in [0.4, 0.5) is 0 Å². The molecule has 0 spiro atoms. The number of carbonyl (C=O) groups excluding carboxylic acids is 1. The molecule has 0 saturated heterocycles. The van der Waals surface area contributed by atoms with Crippen LogP contribution in [0.5, 0.6) is 0 Å². The maximum absolute atomic E-state index is 12.0. The monoisotopic (exact) mass is 331 g/mol. The molecule has 0 heterocycles. The van der Waals surface area contributed by atoms with Crippen LogP contribution in [-0.2, 0) is 9.53 Å². The zero-order valence-electron chi connectivity index (χ0n) is 13.0. The Kier molecular flexibility index (Phi) is 7.50. The van der Waals surface area contributed by atoms with E-state index in [9.17, 15) is 4.79 Å². The predicted octanol–water partition coefficient (Wildman–Crippen LogP) is 4.62. The first kappa shape index (κ1) is 18.3. The lowest BCUT2D eigenvalue weighted by molar-refractivity contribution is -0.146. The molecule has 21 heavy (non-hydrogen) atoms. The van der Waals surface area contributed by atoms with Gasteiger partial charge in [-0.2, -0.15) is 0 Å². The molecular formula is C16H23Cl2NO2. The molecule has 1 N–H and O–H groups in total. The minimum absolute atomic E-state index is 0.111. The summed E-state index contributed by atoms with van der Waals surface area (Å²) in [4.78, 5) is 12.0. The number of esters is 1. The molecule has 0 aliphatic rings. The Balaban J connectivity index is 3.05. The molecule has 3 nitrogen and oxygen atoms in total. The molecule has 0 aliphatic carbocycles. The second-order valence-corrected chi connectivity index (χ2v) is 6.05. The van der Waals surface area contributed by atoms with Gasteiger partial charge in [0.25, 0.3) is 0 Å². The van der Waals surface area contributed by atoms with Gasteiger partial charge in [-0.3, -0.25) is 10.1 Å². The number of carbonyl (C=O) groups is 1. The quantitative estimate of drug-likeness (QED) is 0.740. The van der Waals surface area contributed by atoms with Crippen molar-refractivity contribution < 1.29 is 9.53 Å². The summed E-state index contributed by atoms with van der Waals surface area (Å²) in [6.07, 6.45) is 0.643. The van der Waals surface area contributed by atoms with Gasteiger partial charge in [0, 0.05) is 21.7 Å². The average molecular weight is 332 g/mol. The molecular weight excluding hydrogens is 309 g/mol. The topological polar surface area (TPSA) is 38.3 Å². The van der Waals surface area contributed by atoms with Gasteiger partial charge in [-0.05, 0) is 31.4 Å². The van der Waals surface area contributed by atoms with Crippen molar-refractivity contribution >= 4 is 29.2 Å². The number of benzene rings is 1. The van der Waals surface area contributed by atoms with Gasteiger partial charge in [0.2, 0.25) is 0 Å². The Morgan fingerprint density at radius 2 is 1.81 bits per heavy atom. The Morgan fingerprint density at radius 3 is 2.24 bits per heavy atom. The van der Waals surface area contributed by atoms with E-state index in [1.165, 1.54) is 0 Å². The molecule has 1 aromatic rings. The third-order valence-electron chi connectivity index (χ3n) is 3.34. The Labute approximate surface area is 137 Å². The summed E-state index contributed by atoms with van der Waals surface area (Å²) in [6.45, 7) is 8.25. The van der Waals surface area contributed by atoms with E-state index in [4.69, 9.17) is 27.9 Å². The zero-order chi connectivity index (χ0) is 16.0. The molecule has 0 aromatic heterocycles. The summed E-state index contributed by atoms with van der Waals surface area (Å²) in [5, 5.41) is 4.55. The molecule has 0 amide bonds. The van der Waals surface area contributed by atoms with E-state index in [1.807, 2.05) is 25.1 Å². The summed E-state index contributed by atoms with van der Waals surface area (Å²) < 4.78 is 5.10. The Bertz CT molecular complexity index is 457.